The van der Waals surface area contributed by atoms with Crippen LogP contribution in [-0.4, -0.2) is 87.2 Å². The third kappa shape index (κ3) is 4.64. The first-order valence-corrected chi connectivity index (χ1v) is 11.7. The van der Waals surface area contributed by atoms with Gasteiger partial charge in [-0.15, -0.1) is 0 Å². The van der Waals surface area contributed by atoms with Crippen molar-refractivity contribution in [2.75, 3.05) is 24.6 Å². The van der Waals surface area contributed by atoms with Crippen molar-refractivity contribution in [3.8, 4) is 0 Å². The highest BCUT2D eigenvalue weighted by Gasteiger charge is 2.52. The molecule has 1 amide bonds. The highest BCUT2D eigenvalue weighted by Crippen LogP contribution is 2.36. The Morgan fingerprint density at radius 1 is 1.19 bits per heavy atom. The lowest BCUT2D eigenvalue weighted by atomic mass is 9.81. The van der Waals surface area contributed by atoms with Crippen LogP contribution in [0.5, 0.6) is 0 Å². The van der Waals surface area contributed by atoms with Crippen molar-refractivity contribution in [2.45, 2.75) is 89.2 Å². The van der Waals surface area contributed by atoms with E-state index in [1.165, 1.54) is 0 Å². The molecular weight excluding hydrogens is 411 g/mol. The van der Waals surface area contributed by atoms with Crippen LogP contribution in [0.1, 0.15) is 59.8 Å². The van der Waals surface area contributed by atoms with Crippen LogP contribution >= 0.6 is 0 Å². The molecule has 32 heavy (non-hydrogen) atoms. The molecule has 4 rings (SSSR count). The number of likely N-dealkylation sites (tertiary alicyclic amines) is 1. The van der Waals surface area contributed by atoms with Crippen molar-refractivity contribution in [1.29, 1.82) is 0 Å². The van der Waals surface area contributed by atoms with Gasteiger partial charge in [0.1, 0.15) is 0 Å². The van der Waals surface area contributed by atoms with Crippen molar-refractivity contribution < 1.29 is 24.3 Å². The fourth-order valence-corrected chi connectivity index (χ4v) is 4.34. The standard InChI is InChI=1S/C22H35BN4O5/c1-21(2)22(3,4)32-23(31-21)15-11-24-20(25-12-15)27(16-8-9-16)13-17-7-5-6-10-26(17)19(30)18(29)14-28/h11-12,16-18,28-29H,5-10,13-14H2,1-4H3. The first-order valence-electron chi connectivity index (χ1n) is 11.7. The molecule has 2 unspecified atom stereocenters. The van der Waals surface area contributed by atoms with E-state index >= 15 is 0 Å². The third-order valence-electron chi connectivity index (χ3n) is 7.20. The summed E-state index contributed by atoms with van der Waals surface area (Å²) >= 11 is 0. The fourth-order valence-electron chi connectivity index (χ4n) is 4.34. The number of anilines is 1. The van der Waals surface area contributed by atoms with E-state index in [9.17, 15) is 15.0 Å². The molecule has 3 heterocycles. The van der Waals surface area contributed by atoms with Crippen LogP contribution in [0.3, 0.4) is 0 Å². The number of piperidine rings is 1. The number of carbonyl (C=O) groups excluding carboxylic acids is 1. The smallest absolute Gasteiger partial charge is 0.399 e. The molecule has 0 radical (unpaired) electrons. The zero-order chi connectivity index (χ0) is 23.1. The van der Waals surface area contributed by atoms with Gasteiger partial charge in [0, 0.05) is 43.0 Å². The summed E-state index contributed by atoms with van der Waals surface area (Å²) in [6, 6.07) is 0.323. The van der Waals surface area contributed by atoms with Crippen molar-refractivity contribution >= 4 is 24.4 Å². The second-order valence-corrected chi connectivity index (χ2v) is 10.2. The van der Waals surface area contributed by atoms with Gasteiger partial charge in [-0.2, -0.15) is 0 Å². The van der Waals surface area contributed by atoms with Crippen LogP contribution in [0.25, 0.3) is 0 Å². The average molecular weight is 446 g/mol. The maximum atomic E-state index is 12.6. The molecule has 10 heteroatoms. The molecule has 0 bridgehead atoms. The van der Waals surface area contributed by atoms with Gasteiger partial charge in [-0.25, -0.2) is 9.97 Å². The topological polar surface area (TPSA) is 108 Å². The molecule has 176 valence electrons. The Morgan fingerprint density at radius 3 is 2.38 bits per heavy atom. The summed E-state index contributed by atoms with van der Waals surface area (Å²) in [4.78, 5) is 25.7. The number of aliphatic hydroxyl groups is 2. The molecule has 2 atom stereocenters. The SMILES string of the molecule is CC1(C)OB(c2cnc(N(CC3CCCCN3C(=O)C(O)CO)C3CC3)nc2)OC1(C)C. The second kappa shape index (κ2) is 8.89. The fraction of sp³-hybridized carbons (Fsp3) is 0.773. The largest absolute Gasteiger partial charge is 0.498 e. The van der Waals surface area contributed by atoms with Crippen LogP contribution in [-0.2, 0) is 14.1 Å². The van der Waals surface area contributed by atoms with E-state index in [2.05, 4.69) is 14.9 Å². The van der Waals surface area contributed by atoms with Gasteiger partial charge in [0.25, 0.3) is 5.91 Å². The van der Waals surface area contributed by atoms with Gasteiger partial charge in [-0.3, -0.25) is 4.79 Å². The number of hydrogen-bond donors (Lipinski definition) is 2. The minimum absolute atomic E-state index is 0.0376. The minimum Gasteiger partial charge on any atom is -0.399 e. The van der Waals surface area contributed by atoms with Gasteiger partial charge >= 0.3 is 7.12 Å². The first kappa shape index (κ1) is 23.4. The number of nitrogens with zero attached hydrogens (tertiary/aromatic N) is 4. The van der Waals surface area contributed by atoms with Crippen LogP contribution in [0, 0.1) is 0 Å². The van der Waals surface area contributed by atoms with Crippen molar-refractivity contribution in [3.05, 3.63) is 12.4 Å². The Balaban J connectivity index is 1.48. The number of aromatic nitrogens is 2. The van der Waals surface area contributed by atoms with E-state index in [0.29, 0.717) is 25.1 Å². The lowest BCUT2D eigenvalue weighted by Crippen LogP contribution is -2.53. The first-order chi connectivity index (χ1) is 15.1. The highest BCUT2D eigenvalue weighted by atomic mass is 16.7. The van der Waals surface area contributed by atoms with E-state index < -0.39 is 36.9 Å². The van der Waals surface area contributed by atoms with Gasteiger partial charge in [0.15, 0.2) is 6.10 Å². The van der Waals surface area contributed by atoms with Crippen molar-refractivity contribution in [3.63, 3.8) is 0 Å². The molecule has 2 aliphatic heterocycles. The monoisotopic (exact) mass is 446 g/mol. The molecule has 1 saturated carbocycles. The molecule has 2 saturated heterocycles. The molecular formula is C22H35BN4O5. The molecule has 3 fully saturated rings. The number of carbonyl (C=O) groups is 1. The van der Waals surface area contributed by atoms with Crippen LogP contribution in [0.4, 0.5) is 5.95 Å². The van der Waals surface area contributed by atoms with Gasteiger partial charge in [0.05, 0.1) is 17.8 Å². The summed E-state index contributed by atoms with van der Waals surface area (Å²) in [5, 5.41) is 19.1. The Morgan fingerprint density at radius 2 is 1.81 bits per heavy atom. The molecule has 3 aliphatic rings. The Hall–Kier alpha value is -1.75. The van der Waals surface area contributed by atoms with Crippen molar-refractivity contribution in [2.24, 2.45) is 0 Å². The number of amides is 1. The van der Waals surface area contributed by atoms with Crippen LogP contribution in [0.2, 0.25) is 0 Å². The van der Waals surface area contributed by atoms with Crippen molar-refractivity contribution in [1.82, 2.24) is 14.9 Å². The van der Waals surface area contributed by atoms with E-state index in [1.54, 1.807) is 17.3 Å². The highest BCUT2D eigenvalue weighted by molar-refractivity contribution is 6.61. The Bertz CT molecular complexity index is 801. The van der Waals surface area contributed by atoms with E-state index in [1.807, 2.05) is 27.7 Å². The summed E-state index contributed by atoms with van der Waals surface area (Å²) in [6.45, 7) is 8.72. The van der Waals surface area contributed by atoms with E-state index in [4.69, 9.17) is 9.31 Å². The summed E-state index contributed by atoms with van der Waals surface area (Å²) < 4.78 is 12.2. The number of aliphatic hydroxyl groups excluding tert-OH is 2. The van der Waals surface area contributed by atoms with Crippen LogP contribution < -0.4 is 10.4 Å². The zero-order valence-corrected chi connectivity index (χ0v) is 19.5. The lowest BCUT2D eigenvalue weighted by molar-refractivity contribution is -0.145. The lowest BCUT2D eigenvalue weighted by Gasteiger charge is -2.39. The molecule has 0 aromatic carbocycles. The normalized spacial score (nSPS) is 25.6. The molecule has 0 spiro atoms. The molecule has 1 aromatic rings. The van der Waals surface area contributed by atoms with Gasteiger partial charge in [-0.05, 0) is 59.8 Å². The number of hydrogen-bond acceptors (Lipinski definition) is 8. The predicted molar refractivity (Wildman–Crippen MR) is 121 cm³/mol. The molecule has 1 aliphatic carbocycles. The zero-order valence-electron chi connectivity index (χ0n) is 19.5. The average Bonchev–Trinajstić information content (AvgIpc) is 3.58. The summed E-state index contributed by atoms with van der Waals surface area (Å²) in [7, 11) is -0.505. The predicted octanol–water partition coefficient (Wildman–Crippen LogP) is 0.479. The van der Waals surface area contributed by atoms with E-state index in [0.717, 1.165) is 37.6 Å². The second-order valence-electron chi connectivity index (χ2n) is 10.2. The van der Waals surface area contributed by atoms with Gasteiger partial charge < -0.3 is 29.3 Å². The summed E-state index contributed by atoms with van der Waals surface area (Å²) in [5.41, 5.74) is -0.0670. The Kier molecular flexibility index (Phi) is 6.51. The molecule has 9 nitrogen and oxygen atoms in total. The minimum atomic E-state index is -1.36. The quantitative estimate of drug-likeness (QED) is 0.583. The molecule has 1 aromatic heterocycles. The maximum absolute atomic E-state index is 12.6. The number of rotatable bonds is 7. The van der Waals surface area contributed by atoms with Gasteiger partial charge in [0.2, 0.25) is 5.95 Å². The molecule has 2 N–H and O–H groups in total. The van der Waals surface area contributed by atoms with Gasteiger partial charge in [-0.1, -0.05) is 0 Å². The van der Waals surface area contributed by atoms with Crippen LogP contribution in [0.15, 0.2) is 12.4 Å². The Labute approximate surface area is 190 Å². The summed E-state index contributed by atoms with van der Waals surface area (Å²) in [6.07, 6.45) is 7.11. The summed E-state index contributed by atoms with van der Waals surface area (Å²) in [5.74, 6) is 0.235. The maximum Gasteiger partial charge on any atom is 0.498 e. The third-order valence-corrected chi connectivity index (χ3v) is 7.20. The van der Waals surface area contributed by atoms with E-state index in [-0.39, 0.29) is 6.04 Å².